The van der Waals surface area contributed by atoms with Crippen molar-refractivity contribution < 1.29 is 31.5 Å². The van der Waals surface area contributed by atoms with Gasteiger partial charge in [0.05, 0.1) is 5.92 Å². The third-order valence-corrected chi connectivity index (χ3v) is 4.83. The van der Waals surface area contributed by atoms with E-state index < -0.39 is 51.8 Å². The molecule has 0 amide bonds. The summed E-state index contributed by atoms with van der Waals surface area (Å²) >= 11 is 0. The lowest BCUT2D eigenvalue weighted by Gasteiger charge is -2.18. The van der Waals surface area contributed by atoms with Crippen molar-refractivity contribution in [3.63, 3.8) is 0 Å². The molecule has 0 bridgehead atoms. The Morgan fingerprint density at radius 1 is 1.05 bits per heavy atom. The van der Waals surface area contributed by atoms with E-state index in [-0.39, 0.29) is 0 Å². The van der Waals surface area contributed by atoms with E-state index in [1.165, 1.54) is 0 Å². The highest BCUT2D eigenvalue weighted by atomic mass is 19.3. The van der Waals surface area contributed by atoms with Gasteiger partial charge in [0, 0.05) is 0 Å². The zero-order valence-electron chi connectivity index (χ0n) is 12.4. The SMILES string of the molecule is CC1(C)C(C(=O)OC(F)(F)c2ccc(F)c(F)c2F)C1(C)C. The van der Waals surface area contributed by atoms with E-state index >= 15 is 0 Å². The molecule has 7 heteroatoms. The fourth-order valence-electron chi connectivity index (χ4n) is 2.78. The van der Waals surface area contributed by atoms with Gasteiger partial charge in [0.1, 0.15) is 5.56 Å². The third kappa shape index (κ3) is 2.27. The molecular formula is C15H15F5O2. The van der Waals surface area contributed by atoms with E-state index in [1.54, 1.807) is 27.7 Å². The molecule has 2 nitrogen and oxygen atoms in total. The van der Waals surface area contributed by atoms with Crippen molar-refractivity contribution in [2.75, 3.05) is 0 Å². The summed E-state index contributed by atoms with van der Waals surface area (Å²) in [6.45, 7) is 6.87. The molecular weight excluding hydrogens is 307 g/mol. The highest BCUT2D eigenvalue weighted by Gasteiger charge is 2.70. The van der Waals surface area contributed by atoms with E-state index in [1.807, 2.05) is 0 Å². The van der Waals surface area contributed by atoms with E-state index in [0.717, 1.165) is 0 Å². The summed E-state index contributed by atoms with van der Waals surface area (Å²) < 4.78 is 71.2. The van der Waals surface area contributed by atoms with Crippen LogP contribution in [0.1, 0.15) is 33.3 Å². The lowest BCUT2D eigenvalue weighted by molar-refractivity contribution is -0.243. The minimum atomic E-state index is -4.38. The first-order valence-corrected chi connectivity index (χ1v) is 6.58. The van der Waals surface area contributed by atoms with Crippen LogP contribution in [0.2, 0.25) is 0 Å². The van der Waals surface area contributed by atoms with Crippen LogP contribution in [0.4, 0.5) is 22.0 Å². The van der Waals surface area contributed by atoms with Gasteiger partial charge in [0.15, 0.2) is 17.5 Å². The van der Waals surface area contributed by atoms with Crippen molar-refractivity contribution in [2.24, 2.45) is 16.7 Å². The Bertz CT molecular complexity index is 623. The molecule has 0 N–H and O–H groups in total. The fourth-order valence-corrected chi connectivity index (χ4v) is 2.78. The number of halogens is 5. The molecule has 1 saturated carbocycles. The number of benzene rings is 1. The molecule has 0 aliphatic heterocycles. The molecule has 1 aliphatic rings. The number of alkyl halides is 2. The van der Waals surface area contributed by atoms with Crippen LogP contribution in [-0.4, -0.2) is 5.97 Å². The zero-order chi connectivity index (χ0) is 17.1. The standard InChI is InChI=1S/C15H15F5O2/c1-13(2)11(14(13,3)4)12(21)22-15(19,20)7-5-6-8(16)10(18)9(7)17/h5-6,11H,1-4H3. The first kappa shape index (κ1) is 16.7. The van der Waals surface area contributed by atoms with Gasteiger partial charge in [0.25, 0.3) is 0 Å². The van der Waals surface area contributed by atoms with Gasteiger partial charge in [-0.3, -0.25) is 4.79 Å². The van der Waals surface area contributed by atoms with Crippen molar-refractivity contribution >= 4 is 5.97 Å². The van der Waals surface area contributed by atoms with E-state index in [2.05, 4.69) is 4.74 Å². The number of hydrogen-bond acceptors (Lipinski definition) is 2. The Balaban J connectivity index is 2.26. The first-order chi connectivity index (χ1) is 9.84. The predicted molar refractivity (Wildman–Crippen MR) is 67.4 cm³/mol. The maximum absolute atomic E-state index is 13.9. The van der Waals surface area contributed by atoms with Gasteiger partial charge in [-0.05, 0) is 23.0 Å². The normalized spacial score (nSPS) is 19.9. The number of rotatable bonds is 3. The molecule has 2 rings (SSSR count). The molecule has 0 atom stereocenters. The van der Waals surface area contributed by atoms with Crippen LogP contribution < -0.4 is 0 Å². The topological polar surface area (TPSA) is 26.3 Å². The number of carbonyl (C=O) groups excluding carboxylic acids is 1. The summed E-state index contributed by atoms with van der Waals surface area (Å²) in [7, 11) is 0. The maximum atomic E-state index is 13.9. The van der Waals surface area contributed by atoms with Gasteiger partial charge in [-0.25, -0.2) is 13.2 Å². The lowest BCUT2D eigenvalue weighted by atomic mass is 10.0. The van der Waals surface area contributed by atoms with Crippen LogP contribution in [0.5, 0.6) is 0 Å². The average Bonchev–Trinajstić information content (AvgIpc) is 2.75. The van der Waals surface area contributed by atoms with E-state index in [0.29, 0.717) is 12.1 Å². The van der Waals surface area contributed by atoms with Gasteiger partial charge in [-0.1, -0.05) is 27.7 Å². The van der Waals surface area contributed by atoms with Crippen molar-refractivity contribution in [1.82, 2.24) is 0 Å². The van der Waals surface area contributed by atoms with Crippen molar-refractivity contribution in [3.8, 4) is 0 Å². The van der Waals surface area contributed by atoms with Crippen LogP contribution in [0.15, 0.2) is 12.1 Å². The molecule has 0 aromatic heterocycles. The molecule has 0 unspecified atom stereocenters. The van der Waals surface area contributed by atoms with Crippen molar-refractivity contribution in [3.05, 3.63) is 35.1 Å². The summed E-state index contributed by atoms with van der Waals surface area (Å²) in [5.74, 6) is -7.72. The number of ether oxygens (including phenoxy) is 1. The Labute approximate surface area is 124 Å². The van der Waals surface area contributed by atoms with Gasteiger partial charge in [-0.2, -0.15) is 8.78 Å². The molecule has 0 saturated heterocycles. The number of hydrogen-bond donors (Lipinski definition) is 0. The summed E-state index contributed by atoms with van der Waals surface area (Å²) in [6.07, 6.45) is -4.38. The van der Waals surface area contributed by atoms with Crippen molar-refractivity contribution in [2.45, 2.75) is 33.8 Å². The van der Waals surface area contributed by atoms with Crippen molar-refractivity contribution in [1.29, 1.82) is 0 Å². The molecule has 0 radical (unpaired) electrons. The summed E-state index contributed by atoms with van der Waals surface area (Å²) in [4.78, 5) is 11.9. The molecule has 22 heavy (non-hydrogen) atoms. The van der Waals surface area contributed by atoms with Gasteiger partial charge in [0.2, 0.25) is 0 Å². The minimum absolute atomic E-state index is 0.348. The van der Waals surface area contributed by atoms with Gasteiger partial charge < -0.3 is 4.74 Å². The predicted octanol–water partition coefficient (Wildman–Crippen LogP) is 4.38. The third-order valence-electron chi connectivity index (χ3n) is 4.83. The summed E-state index contributed by atoms with van der Waals surface area (Å²) in [5, 5.41) is 0. The minimum Gasteiger partial charge on any atom is -0.397 e. The monoisotopic (exact) mass is 322 g/mol. The Morgan fingerprint density at radius 3 is 2.00 bits per heavy atom. The van der Waals surface area contributed by atoms with Gasteiger partial charge >= 0.3 is 12.1 Å². The van der Waals surface area contributed by atoms with E-state index in [9.17, 15) is 26.7 Å². The molecule has 0 heterocycles. The summed E-state index contributed by atoms with van der Waals surface area (Å²) in [6, 6.07) is 0.699. The smallest absolute Gasteiger partial charge is 0.397 e. The van der Waals surface area contributed by atoms with Crippen LogP contribution in [0.25, 0.3) is 0 Å². The highest BCUT2D eigenvalue weighted by Crippen LogP contribution is 2.69. The van der Waals surface area contributed by atoms with Crippen LogP contribution in [-0.2, 0) is 15.6 Å². The quantitative estimate of drug-likeness (QED) is 0.469. The van der Waals surface area contributed by atoms with E-state index in [4.69, 9.17) is 0 Å². The van der Waals surface area contributed by atoms with Crippen LogP contribution in [0.3, 0.4) is 0 Å². The summed E-state index contributed by atoms with van der Waals surface area (Å²) in [5.41, 5.74) is -2.62. The maximum Gasteiger partial charge on any atom is 0.431 e. The molecule has 122 valence electrons. The lowest BCUT2D eigenvalue weighted by Crippen LogP contribution is -2.27. The molecule has 1 aromatic rings. The molecule has 1 aromatic carbocycles. The second-order valence-corrected chi connectivity index (χ2v) is 6.54. The second kappa shape index (κ2) is 4.67. The average molecular weight is 322 g/mol. The molecule has 0 spiro atoms. The Morgan fingerprint density at radius 2 is 1.55 bits per heavy atom. The first-order valence-electron chi connectivity index (χ1n) is 6.58. The van der Waals surface area contributed by atoms with Gasteiger partial charge in [-0.15, -0.1) is 0 Å². The fraction of sp³-hybridized carbons (Fsp3) is 0.533. The highest BCUT2D eigenvalue weighted by molar-refractivity contribution is 5.79. The Kier molecular flexibility index (Phi) is 3.54. The molecule has 1 fully saturated rings. The second-order valence-electron chi connectivity index (χ2n) is 6.54. The largest absolute Gasteiger partial charge is 0.431 e. The Hall–Kier alpha value is -1.66. The number of carbonyl (C=O) groups is 1. The molecule has 1 aliphatic carbocycles. The number of esters is 1. The van der Waals surface area contributed by atoms with Crippen LogP contribution in [0, 0.1) is 34.2 Å². The zero-order valence-corrected chi connectivity index (χ0v) is 12.4. The van der Waals surface area contributed by atoms with Crippen LogP contribution >= 0.6 is 0 Å².